The van der Waals surface area contributed by atoms with E-state index in [1.807, 2.05) is 12.1 Å². The fraction of sp³-hybridized carbons (Fsp3) is 0.222. The number of benzodiazepines with no additional fused rings is 1. The Bertz CT molecular complexity index is 757. The van der Waals surface area contributed by atoms with Gasteiger partial charge in [-0.3, -0.25) is 9.79 Å². The molecule has 1 heterocycles. The van der Waals surface area contributed by atoms with Gasteiger partial charge in [0.05, 0.1) is 19.3 Å². The first kappa shape index (κ1) is 15.9. The molecule has 1 aliphatic rings. The molecule has 0 atom stereocenters. The summed E-state index contributed by atoms with van der Waals surface area (Å²) in [4.78, 5) is 18.6. The number of carbonyl (C=O) groups excluding carboxylic acids is 1. The predicted molar refractivity (Wildman–Crippen MR) is 94.2 cm³/mol. The molecule has 24 heavy (non-hydrogen) atoms. The van der Waals surface area contributed by atoms with Crippen LogP contribution in [0.15, 0.2) is 47.5 Å². The van der Waals surface area contributed by atoms with Gasteiger partial charge in [0.15, 0.2) is 6.61 Å². The Morgan fingerprint density at radius 3 is 2.71 bits per heavy atom. The zero-order chi connectivity index (χ0) is 16.9. The first-order valence-electron chi connectivity index (χ1n) is 7.64. The summed E-state index contributed by atoms with van der Waals surface area (Å²) in [5.41, 5.74) is 8.09. The molecule has 2 aromatic rings. The topological polar surface area (TPSA) is 77.2 Å². The normalized spacial score (nSPS) is 13.1. The predicted octanol–water partition coefficient (Wildman–Crippen LogP) is 2.12. The van der Waals surface area contributed by atoms with Crippen LogP contribution >= 0.6 is 0 Å². The second-order valence-corrected chi connectivity index (χ2v) is 5.36. The van der Waals surface area contributed by atoms with E-state index in [0.29, 0.717) is 24.5 Å². The van der Waals surface area contributed by atoms with Crippen molar-refractivity contribution in [3.8, 4) is 11.5 Å². The van der Waals surface area contributed by atoms with E-state index in [1.54, 1.807) is 48.6 Å². The zero-order valence-corrected chi connectivity index (χ0v) is 13.4. The third-order valence-corrected chi connectivity index (χ3v) is 3.75. The smallest absolute Gasteiger partial charge is 0.264 e. The first-order valence-corrected chi connectivity index (χ1v) is 7.64. The molecule has 1 aliphatic heterocycles. The summed E-state index contributed by atoms with van der Waals surface area (Å²) in [6.07, 6.45) is 1.75. The van der Waals surface area contributed by atoms with Gasteiger partial charge in [0.25, 0.3) is 5.91 Å². The number of nitrogen functional groups attached to an aromatic ring is 1. The van der Waals surface area contributed by atoms with Crippen molar-refractivity contribution < 1.29 is 14.3 Å². The molecule has 124 valence electrons. The standard InChI is InChI=1S/C18H19N3O3/c1-23-15-3-5-16(6-4-15)24-12-18(22)21-9-8-20-11-13-10-14(19)2-7-17(13)21/h2-7,10-11H,8-9,12,19H2,1H3. The first-order chi connectivity index (χ1) is 11.7. The van der Waals surface area contributed by atoms with Gasteiger partial charge >= 0.3 is 0 Å². The van der Waals surface area contributed by atoms with Crippen molar-refractivity contribution >= 4 is 23.5 Å². The Morgan fingerprint density at radius 1 is 1.21 bits per heavy atom. The number of benzene rings is 2. The molecule has 0 saturated carbocycles. The van der Waals surface area contributed by atoms with E-state index < -0.39 is 0 Å². The van der Waals surface area contributed by atoms with Gasteiger partial charge in [0.1, 0.15) is 11.5 Å². The number of nitrogens with two attached hydrogens (primary N) is 1. The molecule has 6 nitrogen and oxygen atoms in total. The molecule has 0 radical (unpaired) electrons. The number of carbonyl (C=O) groups is 1. The molecule has 0 aliphatic carbocycles. The van der Waals surface area contributed by atoms with Crippen molar-refractivity contribution in [2.24, 2.45) is 4.99 Å². The minimum atomic E-state index is -0.123. The van der Waals surface area contributed by atoms with Gasteiger partial charge < -0.3 is 20.1 Å². The largest absolute Gasteiger partial charge is 0.497 e. The Kier molecular flexibility index (Phi) is 4.65. The van der Waals surface area contributed by atoms with Crippen molar-refractivity contribution in [1.29, 1.82) is 0 Å². The summed E-state index contributed by atoms with van der Waals surface area (Å²) in [7, 11) is 1.60. The zero-order valence-electron chi connectivity index (χ0n) is 13.4. The number of amides is 1. The third-order valence-electron chi connectivity index (χ3n) is 3.75. The quantitative estimate of drug-likeness (QED) is 0.874. The molecular formula is C18H19N3O3. The van der Waals surface area contributed by atoms with Crippen LogP contribution < -0.4 is 20.1 Å². The van der Waals surface area contributed by atoms with Crippen LogP contribution in [-0.2, 0) is 4.79 Å². The van der Waals surface area contributed by atoms with Crippen LogP contribution in [0.3, 0.4) is 0 Å². The van der Waals surface area contributed by atoms with Gasteiger partial charge in [0, 0.05) is 24.0 Å². The van der Waals surface area contributed by atoms with E-state index in [9.17, 15) is 4.79 Å². The highest BCUT2D eigenvalue weighted by molar-refractivity contribution is 6.01. The molecule has 0 unspecified atom stereocenters. The number of fused-ring (bicyclic) bond motifs is 1. The Hall–Kier alpha value is -3.02. The van der Waals surface area contributed by atoms with E-state index in [-0.39, 0.29) is 12.5 Å². The average Bonchev–Trinajstić information content (AvgIpc) is 2.82. The highest BCUT2D eigenvalue weighted by atomic mass is 16.5. The molecule has 3 rings (SSSR count). The summed E-state index contributed by atoms with van der Waals surface area (Å²) >= 11 is 0. The lowest BCUT2D eigenvalue weighted by Gasteiger charge is -2.22. The number of methoxy groups -OCH3 is 1. The fourth-order valence-electron chi connectivity index (χ4n) is 2.52. The maximum atomic E-state index is 12.6. The van der Waals surface area contributed by atoms with Crippen LogP contribution in [-0.4, -0.2) is 38.9 Å². The molecular weight excluding hydrogens is 306 g/mol. The van der Waals surface area contributed by atoms with E-state index in [2.05, 4.69) is 4.99 Å². The van der Waals surface area contributed by atoms with E-state index >= 15 is 0 Å². The number of rotatable bonds is 4. The maximum absolute atomic E-state index is 12.6. The van der Waals surface area contributed by atoms with E-state index in [4.69, 9.17) is 15.2 Å². The van der Waals surface area contributed by atoms with Crippen molar-refractivity contribution in [2.75, 3.05) is 37.4 Å². The highest BCUT2D eigenvalue weighted by Gasteiger charge is 2.20. The summed E-state index contributed by atoms with van der Waals surface area (Å²) < 4.78 is 10.7. The summed E-state index contributed by atoms with van der Waals surface area (Å²) in [5, 5.41) is 0. The molecule has 2 aromatic carbocycles. The molecule has 0 fully saturated rings. The average molecular weight is 325 g/mol. The Labute approximate surface area is 140 Å². The van der Waals surface area contributed by atoms with Crippen molar-refractivity contribution in [3.05, 3.63) is 48.0 Å². The molecule has 0 saturated heterocycles. The van der Waals surface area contributed by atoms with Gasteiger partial charge in [0.2, 0.25) is 0 Å². The lowest BCUT2D eigenvalue weighted by atomic mass is 10.1. The van der Waals surface area contributed by atoms with Gasteiger partial charge in [-0.15, -0.1) is 0 Å². The van der Waals surface area contributed by atoms with E-state index in [0.717, 1.165) is 17.0 Å². The van der Waals surface area contributed by atoms with Crippen LogP contribution in [0.5, 0.6) is 11.5 Å². The molecule has 0 aromatic heterocycles. The number of ether oxygens (including phenoxy) is 2. The van der Waals surface area contributed by atoms with Gasteiger partial charge in [-0.05, 0) is 42.5 Å². The van der Waals surface area contributed by atoms with Gasteiger partial charge in [-0.25, -0.2) is 0 Å². The number of hydrogen-bond donors (Lipinski definition) is 1. The van der Waals surface area contributed by atoms with Crippen LogP contribution in [0.1, 0.15) is 5.56 Å². The Balaban J connectivity index is 1.71. The summed E-state index contributed by atoms with van der Waals surface area (Å²) in [5.74, 6) is 1.24. The van der Waals surface area contributed by atoms with Gasteiger partial charge in [-0.1, -0.05) is 0 Å². The number of nitrogens with zero attached hydrogens (tertiary/aromatic N) is 2. The number of hydrogen-bond acceptors (Lipinski definition) is 5. The van der Waals surface area contributed by atoms with Crippen molar-refractivity contribution in [2.45, 2.75) is 0 Å². The van der Waals surface area contributed by atoms with Crippen molar-refractivity contribution in [1.82, 2.24) is 0 Å². The monoisotopic (exact) mass is 325 g/mol. The van der Waals surface area contributed by atoms with Crippen LogP contribution in [0.4, 0.5) is 11.4 Å². The number of anilines is 2. The SMILES string of the molecule is COc1ccc(OCC(=O)N2CCN=Cc3cc(N)ccc32)cc1. The van der Waals surface area contributed by atoms with E-state index in [1.165, 1.54) is 0 Å². The highest BCUT2D eigenvalue weighted by Crippen LogP contribution is 2.24. The van der Waals surface area contributed by atoms with Gasteiger partial charge in [-0.2, -0.15) is 0 Å². The Morgan fingerprint density at radius 2 is 1.96 bits per heavy atom. The second-order valence-electron chi connectivity index (χ2n) is 5.36. The third kappa shape index (κ3) is 3.48. The molecule has 1 amide bonds. The lowest BCUT2D eigenvalue weighted by Crippen LogP contribution is -2.36. The van der Waals surface area contributed by atoms with Crippen LogP contribution in [0, 0.1) is 0 Å². The summed E-state index contributed by atoms with van der Waals surface area (Å²) in [6.45, 7) is 1.01. The van der Waals surface area contributed by atoms with Crippen LogP contribution in [0.2, 0.25) is 0 Å². The lowest BCUT2D eigenvalue weighted by molar-refractivity contribution is -0.120. The minimum Gasteiger partial charge on any atom is -0.497 e. The number of aliphatic imine (C=N–C) groups is 1. The molecule has 0 spiro atoms. The second kappa shape index (κ2) is 7.04. The molecule has 2 N–H and O–H groups in total. The van der Waals surface area contributed by atoms with Crippen LogP contribution in [0.25, 0.3) is 0 Å². The summed E-state index contributed by atoms with van der Waals surface area (Å²) in [6, 6.07) is 12.6. The molecule has 6 heteroatoms. The maximum Gasteiger partial charge on any atom is 0.264 e. The minimum absolute atomic E-state index is 0.0455. The van der Waals surface area contributed by atoms with Crippen molar-refractivity contribution in [3.63, 3.8) is 0 Å². The fourth-order valence-corrected chi connectivity index (χ4v) is 2.52. The molecule has 0 bridgehead atoms.